The fourth-order valence-electron chi connectivity index (χ4n) is 3.19. The number of likely N-dealkylation sites (tertiary alicyclic amines) is 1. The van der Waals surface area contributed by atoms with Crippen molar-refractivity contribution >= 4 is 17.7 Å². The van der Waals surface area contributed by atoms with Crippen molar-refractivity contribution in [3.05, 3.63) is 0 Å². The zero-order valence-corrected chi connectivity index (χ0v) is 15.8. The number of carbonyl (C=O) groups is 3. The second kappa shape index (κ2) is 11.8. The first-order valence-electron chi connectivity index (χ1n) is 9.56. The summed E-state index contributed by atoms with van der Waals surface area (Å²) < 4.78 is 0. The highest BCUT2D eigenvalue weighted by Crippen LogP contribution is 2.18. The molecule has 3 N–H and O–H groups in total. The standard InChI is InChI=1S/C18H34N4O3/c1-3-11-21(12-4-2)16(23)7-8-17(24)22-13-5-6-15(14-22)18(25)20-10-9-19/h15H,3-14,19H2,1-2H3,(H,20,25). The Bertz CT molecular complexity index is 436. The summed E-state index contributed by atoms with van der Waals surface area (Å²) >= 11 is 0. The van der Waals surface area contributed by atoms with Crippen molar-refractivity contribution < 1.29 is 14.4 Å². The van der Waals surface area contributed by atoms with Crippen LogP contribution in [0.25, 0.3) is 0 Å². The average Bonchev–Trinajstić information content (AvgIpc) is 2.63. The molecule has 1 aliphatic rings. The molecule has 1 saturated heterocycles. The van der Waals surface area contributed by atoms with Crippen LogP contribution in [0.1, 0.15) is 52.4 Å². The van der Waals surface area contributed by atoms with E-state index in [1.54, 1.807) is 4.90 Å². The van der Waals surface area contributed by atoms with E-state index in [-0.39, 0.29) is 36.5 Å². The Kier molecular flexibility index (Phi) is 10.1. The van der Waals surface area contributed by atoms with E-state index in [1.165, 1.54) is 0 Å². The van der Waals surface area contributed by atoms with Crippen LogP contribution in [-0.4, -0.2) is 66.8 Å². The van der Waals surface area contributed by atoms with Gasteiger partial charge in [-0.05, 0) is 25.7 Å². The van der Waals surface area contributed by atoms with Gasteiger partial charge in [-0.2, -0.15) is 0 Å². The average molecular weight is 354 g/mol. The van der Waals surface area contributed by atoms with Gasteiger partial charge in [-0.15, -0.1) is 0 Å². The Labute approximate surface area is 151 Å². The van der Waals surface area contributed by atoms with Gasteiger partial charge in [-0.1, -0.05) is 13.8 Å². The molecule has 0 aromatic rings. The summed E-state index contributed by atoms with van der Waals surface area (Å²) in [4.78, 5) is 40.3. The monoisotopic (exact) mass is 354 g/mol. The molecule has 7 heteroatoms. The van der Waals surface area contributed by atoms with Crippen LogP contribution in [0.4, 0.5) is 0 Å². The third-order valence-electron chi connectivity index (χ3n) is 4.48. The van der Waals surface area contributed by atoms with Gasteiger partial charge in [0, 0.05) is 52.1 Å². The fraction of sp³-hybridized carbons (Fsp3) is 0.833. The van der Waals surface area contributed by atoms with Gasteiger partial charge >= 0.3 is 0 Å². The molecule has 7 nitrogen and oxygen atoms in total. The largest absolute Gasteiger partial charge is 0.355 e. The second-order valence-electron chi connectivity index (χ2n) is 6.64. The minimum absolute atomic E-state index is 0.0300. The molecule has 0 bridgehead atoms. The maximum atomic E-state index is 12.4. The normalized spacial score (nSPS) is 17.2. The van der Waals surface area contributed by atoms with Gasteiger partial charge in [-0.3, -0.25) is 14.4 Å². The van der Waals surface area contributed by atoms with Crippen molar-refractivity contribution in [1.82, 2.24) is 15.1 Å². The van der Waals surface area contributed by atoms with Gasteiger partial charge in [0.1, 0.15) is 0 Å². The quantitative estimate of drug-likeness (QED) is 0.604. The number of piperidine rings is 1. The van der Waals surface area contributed by atoms with E-state index < -0.39 is 0 Å². The van der Waals surface area contributed by atoms with Crippen LogP contribution in [0.2, 0.25) is 0 Å². The number of hydrogen-bond donors (Lipinski definition) is 2. The highest BCUT2D eigenvalue weighted by molar-refractivity contribution is 5.85. The maximum Gasteiger partial charge on any atom is 0.224 e. The molecule has 1 rings (SSSR count). The molecule has 0 aliphatic carbocycles. The maximum absolute atomic E-state index is 12.4. The summed E-state index contributed by atoms with van der Waals surface area (Å²) in [7, 11) is 0. The second-order valence-corrected chi connectivity index (χ2v) is 6.64. The number of rotatable bonds is 10. The van der Waals surface area contributed by atoms with Gasteiger partial charge in [-0.25, -0.2) is 0 Å². The van der Waals surface area contributed by atoms with Crippen molar-refractivity contribution in [2.24, 2.45) is 11.7 Å². The molecule has 144 valence electrons. The van der Waals surface area contributed by atoms with Gasteiger partial charge in [0.2, 0.25) is 17.7 Å². The van der Waals surface area contributed by atoms with Crippen molar-refractivity contribution in [2.45, 2.75) is 52.4 Å². The lowest BCUT2D eigenvalue weighted by atomic mass is 9.96. The summed E-state index contributed by atoms with van der Waals surface area (Å²) in [6.07, 6.45) is 3.92. The van der Waals surface area contributed by atoms with Crippen molar-refractivity contribution in [1.29, 1.82) is 0 Å². The first kappa shape index (κ1) is 21.4. The minimum atomic E-state index is -0.170. The molecule has 0 radical (unpaired) electrons. The van der Waals surface area contributed by atoms with Gasteiger partial charge in [0.05, 0.1) is 5.92 Å². The summed E-state index contributed by atoms with van der Waals surface area (Å²) in [6, 6.07) is 0. The van der Waals surface area contributed by atoms with Crippen LogP contribution in [0.5, 0.6) is 0 Å². The Hall–Kier alpha value is -1.63. The summed E-state index contributed by atoms with van der Waals surface area (Å²) in [5.41, 5.74) is 5.40. The molecule has 1 atom stereocenters. The van der Waals surface area contributed by atoms with Crippen molar-refractivity contribution in [2.75, 3.05) is 39.3 Å². The van der Waals surface area contributed by atoms with Crippen LogP contribution < -0.4 is 11.1 Å². The van der Waals surface area contributed by atoms with E-state index in [1.807, 2.05) is 18.7 Å². The van der Waals surface area contributed by atoms with Crippen LogP contribution in [0, 0.1) is 5.92 Å². The third kappa shape index (κ3) is 7.42. The van der Waals surface area contributed by atoms with Crippen molar-refractivity contribution in [3.63, 3.8) is 0 Å². The fourth-order valence-corrected chi connectivity index (χ4v) is 3.19. The molecule has 0 saturated carbocycles. The van der Waals surface area contributed by atoms with E-state index in [0.717, 1.165) is 38.8 Å². The number of nitrogens with two attached hydrogens (primary N) is 1. The van der Waals surface area contributed by atoms with Crippen LogP contribution in [0.15, 0.2) is 0 Å². The van der Waals surface area contributed by atoms with Crippen LogP contribution in [-0.2, 0) is 14.4 Å². The topological polar surface area (TPSA) is 95.7 Å². The predicted octanol–water partition coefficient (Wildman–Crippen LogP) is 0.729. The molecule has 0 aromatic heterocycles. The molecule has 25 heavy (non-hydrogen) atoms. The Morgan fingerprint density at radius 1 is 1.16 bits per heavy atom. The SMILES string of the molecule is CCCN(CCC)C(=O)CCC(=O)N1CCCC(C(=O)NCCN)C1. The number of hydrogen-bond acceptors (Lipinski definition) is 4. The number of nitrogens with zero attached hydrogens (tertiary/aromatic N) is 2. The number of carbonyl (C=O) groups excluding carboxylic acids is 3. The van der Waals surface area contributed by atoms with E-state index >= 15 is 0 Å². The first-order chi connectivity index (χ1) is 12.0. The van der Waals surface area contributed by atoms with E-state index in [4.69, 9.17) is 5.73 Å². The zero-order chi connectivity index (χ0) is 18.7. The molecule has 1 unspecified atom stereocenters. The van der Waals surface area contributed by atoms with Gasteiger partial charge in [0.15, 0.2) is 0 Å². The number of amides is 3. The van der Waals surface area contributed by atoms with Crippen molar-refractivity contribution in [3.8, 4) is 0 Å². The van der Waals surface area contributed by atoms with Gasteiger partial charge in [0.25, 0.3) is 0 Å². The Morgan fingerprint density at radius 2 is 1.84 bits per heavy atom. The highest BCUT2D eigenvalue weighted by Gasteiger charge is 2.28. The molecule has 0 spiro atoms. The lowest BCUT2D eigenvalue weighted by molar-refractivity contribution is -0.139. The Morgan fingerprint density at radius 3 is 2.44 bits per heavy atom. The molecular formula is C18H34N4O3. The molecular weight excluding hydrogens is 320 g/mol. The molecule has 1 aliphatic heterocycles. The van der Waals surface area contributed by atoms with E-state index in [0.29, 0.717) is 26.2 Å². The molecule has 3 amide bonds. The predicted molar refractivity (Wildman–Crippen MR) is 97.8 cm³/mol. The first-order valence-corrected chi connectivity index (χ1v) is 9.56. The smallest absolute Gasteiger partial charge is 0.224 e. The molecule has 1 fully saturated rings. The lowest BCUT2D eigenvalue weighted by Crippen LogP contribution is -2.46. The Balaban J connectivity index is 2.45. The van der Waals surface area contributed by atoms with E-state index in [2.05, 4.69) is 5.32 Å². The summed E-state index contributed by atoms with van der Waals surface area (Å²) in [5, 5.41) is 2.79. The van der Waals surface area contributed by atoms with E-state index in [9.17, 15) is 14.4 Å². The molecule has 1 heterocycles. The zero-order valence-electron chi connectivity index (χ0n) is 15.8. The molecule has 0 aromatic carbocycles. The summed E-state index contributed by atoms with van der Waals surface area (Å²) in [6.45, 7) is 7.56. The van der Waals surface area contributed by atoms with Crippen LogP contribution >= 0.6 is 0 Å². The lowest BCUT2D eigenvalue weighted by Gasteiger charge is -2.32. The van der Waals surface area contributed by atoms with Gasteiger partial charge < -0.3 is 20.9 Å². The summed E-state index contributed by atoms with van der Waals surface area (Å²) in [5.74, 6) is -0.184. The minimum Gasteiger partial charge on any atom is -0.355 e. The third-order valence-corrected chi connectivity index (χ3v) is 4.48. The number of nitrogens with one attached hydrogen (secondary N) is 1. The highest BCUT2D eigenvalue weighted by atomic mass is 16.2. The van der Waals surface area contributed by atoms with Crippen LogP contribution in [0.3, 0.4) is 0 Å².